The number of hydrogen-bond acceptors (Lipinski definition) is 1. The Kier molecular flexibility index (Phi) is 4.86. The molecule has 0 radical (unpaired) electrons. The van der Waals surface area contributed by atoms with Crippen LogP contribution in [-0.2, 0) is 0 Å². The van der Waals surface area contributed by atoms with Gasteiger partial charge in [0.25, 0.3) is 0 Å². The number of H-pyrrole nitrogens is 1. The van der Waals surface area contributed by atoms with E-state index in [2.05, 4.69) is 20.9 Å². The predicted octanol–water partition coefficient (Wildman–Crippen LogP) is 7.48. The number of hydrogen-bond donors (Lipinski definition) is 1. The van der Waals surface area contributed by atoms with Crippen LogP contribution in [0.3, 0.4) is 0 Å². The van der Waals surface area contributed by atoms with Crippen LogP contribution < -0.4 is 0 Å². The van der Waals surface area contributed by atoms with E-state index in [9.17, 15) is 0 Å². The number of nitrogens with zero attached hydrogens (tertiary/aromatic N) is 1. The van der Waals surface area contributed by atoms with Gasteiger partial charge in [-0.05, 0) is 24.3 Å². The minimum atomic E-state index is 0.563. The first kappa shape index (κ1) is 17.3. The first-order valence-corrected chi connectivity index (χ1v) is 9.54. The number of imidazole rings is 1. The zero-order valence-corrected chi connectivity index (χ0v) is 16.6. The highest BCUT2D eigenvalue weighted by Crippen LogP contribution is 2.38. The molecule has 26 heavy (non-hydrogen) atoms. The Morgan fingerprint density at radius 1 is 0.731 bits per heavy atom. The summed E-state index contributed by atoms with van der Waals surface area (Å²) in [6.07, 6.45) is 0. The van der Waals surface area contributed by atoms with Crippen molar-refractivity contribution in [3.8, 4) is 33.9 Å². The number of rotatable bonds is 3. The Morgan fingerprint density at radius 3 is 2.04 bits per heavy atom. The van der Waals surface area contributed by atoms with Crippen molar-refractivity contribution in [2.75, 3.05) is 0 Å². The topological polar surface area (TPSA) is 28.7 Å². The third kappa shape index (κ3) is 3.30. The second kappa shape index (κ2) is 7.28. The monoisotopic (exact) mass is 442 g/mol. The average Bonchev–Trinajstić information content (AvgIpc) is 3.08. The normalized spacial score (nSPS) is 10.9. The molecule has 128 valence electrons. The minimum absolute atomic E-state index is 0.563. The molecule has 0 aliphatic rings. The summed E-state index contributed by atoms with van der Waals surface area (Å²) in [5, 5.41) is 1.13. The van der Waals surface area contributed by atoms with E-state index in [0.717, 1.165) is 27.0 Å². The molecule has 0 bridgehead atoms. The van der Waals surface area contributed by atoms with Crippen molar-refractivity contribution in [2.24, 2.45) is 0 Å². The van der Waals surface area contributed by atoms with E-state index in [1.165, 1.54) is 0 Å². The molecule has 1 N–H and O–H groups in total. The second-order valence-electron chi connectivity index (χ2n) is 5.78. The first-order valence-electron chi connectivity index (χ1n) is 7.99. The van der Waals surface area contributed by atoms with E-state index in [4.69, 9.17) is 28.2 Å². The molecule has 0 spiro atoms. The maximum atomic E-state index is 6.39. The van der Waals surface area contributed by atoms with E-state index in [1.807, 2.05) is 72.8 Å². The second-order valence-corrected chi connectivity index (χ2v) is 7.51. The largest absolute Gasteiger partial charge is 0.337 e. The van der Waals surface area contributed by atoms with Crippen LogP contribution in [0.25, 0.3) is 33.9 Å². The molecule has 0 atom stereocenters. The number of aromatic amines is 1. The fraction of sp³-hybridized carbons (Fsp3) is 0. The van der Waals surface area contributed by atoms with Crippen molar-refractivity contribution in [3.05, 3.63) is 87.3 Å². The summed E-state index contributed by atoms with van der Waals surface area (Å²) in [5.41, 5.74) is 4.55. The Bertz CT molecular complexity index is 1040. The zero-order chi connectivity index (χ0) is 18.1. The van der Waals surface area contributed by atoms with E-state index >= 15 is 0 Å². The number of nitrogens with one attached hydrogen (secondary N) is 1. The van der Waals surface area contributed by atoms with Crippen molar-refractivity contribution in [2.45, 2.75) is 0 Å². The van der Waals surface area contributed by atoms with Gasteiger partial charge >= 0.3 is 0 Å². The lowest BCUT2D eigenvalue weighted by molar-refractivity contribution is 1.31. The molecule has 0 aliphatic carbocycles. The van der Waals surface area contributed by atoms with Crippen LogP contribution >= 0.6 is 39.1 Å². The number of halogens is 3. The molecule has 4 rings (SSSR count). The highest BCUT2D eigenvalue weighted by molar-refractivity contribution is 9.10. The van der Waals surface area contributed by atoms with E-state index in [-0.39, 0.29) is 0 Å². The molecule has 2 nitrogen and oxygen atoms in total. The molecule has 0 fully saturated rings. The molecule has 5 heteroatoms. The lowest BCUT2D eigenvalue weighted by atomic mass is 10.1. The van der Waals surface area contributed by atoms with Gasteiger partial charge in [-0.2, -0.15) is 0 Å². The van der Waals surface area contributed by atoms with Gasteiger partial charge in [0.05, 0.1) is 27.0 Å². The smallest absolute Gasteiger partial charge is 0.141 e. The predicted molar refractivity (Wildman–Crippen MR) is 113 cm³/mol. The van der Waals surface area contributed by atoms with Gasteiger partial charge in [-0.25, -0.2) is 4.98 Å². The average molecular weight is 444 g/mol. The van der Waals surface area contributed by atoms with Gasteiger partial charge in [-0.15, -0.1) is 0 Å². The van der Waals surface area contributed by atoms with Gasteiger partial charge in [0.1, 0.15) is 5.82 Å². The summed E-state index contributed by atoms with van der Waals surface area (Å²) in [6, 6.07) is 23.6. The molecular weight excluding hydrogens is 431 g/mol. The van der Waals surface area contributed by atoms with Crippen molar-refractivity contribution < 1.29 is 0 Å². The quantitative estimate of drug-likeness (QED) is 0.349. The highest BCUT2D eigenvalue weighted by atomic mass is 79.9. The lowest BCUT2D eigenvalue weighted by Crippen LogP contribution is -1.84. The summed E-state index contributed by atoms with van der Waals surface area (Å²) >= 11 is 16.3. The SMILES string of the molecule is Clc1cccc(Cl)c1-c1nc(-c2ccccc2)c(-c2ccc(Br)cc2)[nH]1. The van der Waals surface area contributed by atoms with Crippen LogP contribution in [-0.4, -0.2) is 9.97 Å². The van der Waals surface area contributed by atoms with Gasteiger partial charge in [0.15, 0.2) is 0 Å². The molecular formula is C21H13BrCl2N2. The van der Waals surface area contributed by atoms with Crippen LogP contribution in [0.1, 0.15) is 0 Å². The van der Waals surface area contributed by atoms with E-state index < -0.39 is 0 Å². The lowest BCUT2D eigenvalue weighted by Gasteiger charge is -2.03. The minimum Gasteiger partial charge on any atom is -0.337 e. The Labute approximate surface area is 170 Å². The molecule has 0 unspecified atom stereocenters. The maximum Gasteiger partial charge on any atom is 0.141 e. The Balaban J connectivity index is 1.95. The van der Waals surface area contributed by atoms with Crippen LogP contribution in [0.5, 0.6) is 0 Å². The van der Waals surface area contributed by atoms with Crippen LogP contribution in [0, 0.1) is 0 Å². The van der Waals surface area contributed by atoms with Crippen molar-refractivity contribution >= 4 is 39.1 Å². The summed E-state index contributed by atoms with van der Waals surface area (Å²) in [7, 11) is 0. The number of benzene rings is 3. The summed E-state index contributed by atoms with van der Waals surface area (Å²) in [5.74, 6) is 0.650. The molecule has 0 amide bonds. The van der Waals surface area contributed by atoms with Gasteiger partial charge in [0.2, 0.25) is 0 Å². The Morgan fingerprint density at radius 2 is 1.38 bits per heavy atom. The Hall–Kier alpha value is -2.07. The molecule has 0 saturated carbocycles. The molecule has 0 saturated heterocycles. The van der Waals surface area contributed by atoms with Crippen molar-refractivity contribution in [1.29, 1.82) is 0 Å². The van der Waals surface area contributed by atoms with Crippen LogP contribution in [0.4, 0.5) is 0 Å². The van der Waals surface area contributed by atoms with E-state index in [0.29, 0.717) is 21.4 Å². The fourth-order valence-corrected chi connectivity index (χ4v) is 3.69. The van der Waals surface area contributed by atoms with E-state index in [1.54, 1.807) is 0 Å². The summed E-state index contributed by atoms with van der Waals surface area (Å²) in [6.45, 7) is 0. The van der Waals surface area contributed by atoms with Gasteiger partial charge in [-0.1, -0.05) is 87.7 Å². The first-order chi connectivity index (χ1) is 12.6. The fourth-order valence-electron chi connectivity index (χ4n) is 2.85. The molecule has 1 heterocycles. The number of aromatic nitrogens is 2. The van der Waals surface area contributed by atoms with Gasteiger partial charge in [-0.3, -0.25) is 0 Å². The maximum absolute atomic E-state index is 6.39. The standard InChI is InChI=1S/C21H13BrCl2N2/c22-15-11-9-14(10-12-15)20-19(13-5-2-1-3-6-13)25-21(26-20)18-16(23)7-4-8-17(18)24/h1-12H,(H,25,26). The van der Waals surface area contributed by atoms with Crippen molar-refractivity contribution in [1.82, 2.24) is 9.97 Å². The summed E-state index contributed by atoms with van der Waals surface area (Å²) in [4.78, 5) is 8.25. The van der Waals surface area contributed by atoms with Crippen molar-refractivity contribution in [3.63, 3.8) is 0 Å². The zero-order valence-electron chi connectivity index (χ0n) is 13.5. The third-order valence-electron chi connectivity index (χ3n) is 4.08. The molecule has 0 aliphatic heterocycles. The summed E-state index contributed by atoms with van der Waals surface area (Å²) < 4.78 is 1.02. The van der Waals surface area contributed by atoms with Crippen LogP contribution in [0.15, 0.2) is 77.3 Å². The molecule has 1 aromatic heterocycles. The molecule has 4 aromatic rings. The van der Waals surface area contributed by atoms with Gasteiger partial charge < -0.3 is 4.98 Å². The third-order valence-corrected chi connectivity index (χ3v) is 5.24. The van der Waals surface area contributed by atoms with Gasteiger partial charge in [0, 0.05) is 15.6 Å². The van der Waals surface area contributed by atoms with Crippen LogP contribution in [0.2, 0.25) is 10.0 Å². The highest BCUT2D eigenvalue weighted by Gasteiger charge is 2.18. The molecule has 3 aromatic carbocycles.